The Bertz CT molecular complexity index is 1410. The molecule has 0 saturated heterocycles. The van der Waals surface area contributed by atoms with Crippen LogP contribution >= 0.6 is 0 Å². The first-order valence-electron chi connectivity index (χ1n) is 13.3. The summed E-state index contributed by atoms with van der Waals surface area (Å²) >= 11 is 0. The number of anilines is 1. The Balaban J connectivity index is 1.22. The first-order valence-corrected chi connectivity index (χ1v) is 13.3. The lowest BCUT2D eigenvalue weighted by Gasteiger charge is -2.14. The third-order valence-electron chi connectivity index (χ3n) is 6.18. The van der Waals surface area contributed by atoms with E-state index in [1.807, 2.05) is 93.8 Å². The molecule has 7 heteroatoms. The van der Waals surface area contributed by atoms with Crippen LogP contribution in [0.1, 0.15) is 31.9 Å². The minimum absolute atomic E-state index is 0.115. The number of aromatic nitrogens is 1. The molecule has 4 aromatic rings. The maximum atomic E-state index is 12.4. The van der Waals surface area contributed by atoms with Gasteiger partial charge in [-0.1, -0.05) is 54.6 Å². The number of rotatable bonds is 10. The number of hydrogen-bond acceptors (Lipinski definition) is 4. The molecular formula is C33H36N3O4+. The van der Waals surface area contributed by atoms with Crippen LogP contribution in [0.2, 0.25) is 0 Å². The summed E-state index contributed by atoms with van der Waals surface area (Å²) in [4.78, 5) is 24.4. The zero-order valence-electron chi connectivity index (χ0n) is 23.2. The van der Waals surface area contributed by atoms with E-state index in [4.69, 9.17) is 9.47 Å². The van der Waals surface area contributed by atoms with Crippen molar-refractivity contribution in [3.63, 3.8) is 0 Å². The molecule has 0 radical (unpaired) electrons. The van der Waals surface area contributed by atoms with Crippen molar-refractivity contribution in [1.29, 1.82) is 0 Å². The molecule has 0 aliphatic carbocycles. The summed E-state index contributed by atoms with van der Waals surface area (Å²) < 4.78 is 13.1. The van der Waals surface area contributed by atoms with Crippen LogP contribution in [0, 0.1) is 5.41 Å². The lowest BCUT2D eigenvalue weighted by atomic mass is 9.98. The fraction of sp³-hybridized carbons (Fsp3) is 0.242. The standard InChI is InChI=1S/C33H35N3O4/c1-33(2,3)31(37)40-24-36-20-9-10-25(23-36)22-34-32(38)35-28-15-17-29(18-16-28)39-21-19-27-13-7-8-14-30(27)26-11-5-4-6-12-26/h4-18,20,23H,19,21-22,24H2,1-3H3,(H-,34,35,38)/p+1. The first kappa shape index (κ1) is 28.4. The number of esters is 1. The van der Waals surface area contributed by atoms with Gasteiger partial charge in [0, 0.05) is 23.7 Å². The van der Waals surface area contributed by atoms with Crippen molar-refractivity contribution >= 4 is 17.7 Å². The summed E-state index contributed by atoms with van der Waals surface area (Å²) in [6, 6.07) is 29.5. The predicted molar refractivity (Wildman–Crippen MR) is 156 cm³/mol. The third-order valence-corrected chi connectivity index (χ3v) is 6.18. The Morgan fingerprint density at radius 1 is 0.850 bits per heavy atom. The van der Waals surface area contributed by atoms with Gasteiger partial charge in [0.1, 0.15) is 5.75 Å². The van der Waals surface area contributed by atoms with Crippen molar-refractivity contribution in [2.24, 2.45) is 5.41 Å². The highest BCUT2D eigenvalue weighted by atomic mass is 16.5. The SMILES string of the molecule is CC(C)(C)C(=O)OC[n+]1cccc(CNC(=O)Nc2ccc(OCCc3ccccc3-c3ccccc3)cc2)c1. The van der Waals surface area contributed by atoms with Crippen LogP contribution in [-0.2, 0) is 29.2 Å². The van der Waals surface area contributed by atoms with Crippen molar-refractivity contribution in [2.75, 3.05) is 11.9 Å². The molecule has 7 nitrogen and oxygen atoms in total. The highest BCUT2D eigenvalue weighted by Crippen LogP contribution is 2.24. The van der Waals surface area contributed by atoms with E-state index in [0.29, 0.717) is 18.8 Å². The summed E-state index contributed by atoms with van der Waals surface area (Å²) in [7, 11) is 0. The lowest BCUT2D eigenvalue weighted by Crippen LogP contribution is -2.38. The van der Waals surface area contributed by atoms with E-state index in [1.165, 1.54) is 16.7 Å². The van der Waals surface area contributed by atoms with Crippen LogP contribution in [0.15, 0.2) is 103 Å². The monoisotopic (exact) mass is 538 g/mol. The van der Waals surface area contributed by atoms with Gasteiger partial charge in [-0.3, -0.25) is 4.79 Å². The van der Waals surface area contributed by atoms with Gasteiger partial charge >= 0.3 is 12.0 Å². The Kier molecular flexibility index (Phi) is 9.52. The van der Waals surface area contributed by atoms with Crippen molar-refractivity contribution in [3.8, 4) is 16.9 Å². The lowest BCUT2D eigenvalue weighted by molar-refractivity contribution is -0.728. The average Bonchev–Trinajstić information content (AvgIpc) is 2.96. The van der Waals surface area contributed by atoms with Crippen LogP contribution in [0.5, 0.6) is 5.75 Å². The second-order valence-electron chi connectivity index (χ2n) is 10.5. The number of ether oxygens (including phenoxy) is 2. The van der Waals surface area contributed by atoms with Gasteiger partial charge in [0.25, 0.3) is 6.73 Å². The Hall–Kier alpha value is -4.65. The molecule has 206 valence electrons. The highest BCUT2D eigenvalue weighted by molar-refractivity contribution is 5.89. The quantitative estimate of drug-likeness (QED) is 0.188. The molecule has 0 fully saturated rings. The zero-order chi connectivity index (χ0) is 28.4. The van der Waals surface area contributed by atoms with Crippen LogP contribution < -0.4 is 19.9 Å². The van der Waals surface area contributed by atoms with E-state index in [-0.39, 0.29) is 18.7 Å². The second kappa shape index (κ2) is 13.4. The largest absolute Gasteiger partial charge is 0.493 e. The van der Waals surface area contributed by atoms with Crippen LogP contribution in [0.4, 0.5) is 10.5 Å². The van der Waals surface area contributed by atoms with Crippen molar-refractivity contribution in [3.05, 3.63) is 115 Å². The first-order chi connectivity index (χ1) is 19.3. The van der Waals surface area contributed by atoms with E-state index in [0.717, 1.165) is 17.7 Å². The van der Waals surface area contributed by atoms with Gasteiger partial charge in [0.05, 0.1) is 18.6 Å². The van der Waals surface area contributed by atoms with E-state index in [9.17, 15) is 9.59 Å². The van der Waals surface area contributed by atoms with Crippen molar-refractivity contribution in [1.82, 2.24) is 5.32 Å². The van der Waals surface area contributed by atoms with Gasteiger partial charge in [0.15, 0.2) is 12.4 Å². The summed E-state index contributed by atoms with van der Waals surface area (Å²) in [6.45, 7) is 6.42. The molecule has 3 aromatic carbocycles. The molecule has 1 aromatic heterocycles. The van der Waals surface area contributed by atoms with Gasteiger partial charge in [-0.2, -0.15) is 4.57 Å². The topological polar surface area (TPSA) is 80.5 Å². The molecule has 1 heterocycles. The molecule has 0 saturated carbocycles. The zero-order valence-corrected chi connectivity index (χ0v) is 23.2. The highest BCUT2D eigenvalue weighted by Gasteiger charge is 2.24. The maximum Gasteiger partial charge on any atom is 0.319 e. The number of nitrogens with zero attached hydrogens (tertiary/aromatic N) is 1. The van der Waals surface area contributed by atoms with Crippen LogP contribution in [0.25, 0.3) is 11.1 Å². The number of pyridine rings is 1. The van der Waals surface area contributed by atoms with Gasteiger partial charge in [-0.05, 0) is 67.8 Å². The second-order valence-corrected chi connectivity index (χ2v) is 10.5. The van der Waals surface area contributed by atoms with Crippen LogP contribution in [-0.4, -0.2) is 18.6 Å². The molecular weight excluding hydrogens is 502 g/mol. The van der Waals surface area contributed by atoms with E-state index < -0.39 is 5.41 Å². The fourth-order valence-electron chi connectivity index (χ4n) is 4.02. The van der Waals surface area contributed by atoms with Gasteiger partial charge in [-0.15, -0.1) is 0 Å². The van der Waals surface area contributed by atoms with E-state index in [1.54, 1.807) is 4.57 Å². The number of carbonyl (C=O) groups excluding carboxylic acids is 2. The number of hydrogen-bond donors (Lipinski definition) is 2. The van der Waals surface area contributed by atoms with E-state index in [2.05, 4.69) is 41.0 Å². The Morgan fingerprint density at radius 3 is 2.33 bits per heavy atom. The van der Waals surface area contributed by atoms with Crippen LogP contribution in [0.3, 0.4) is 0 Å². The molecule has 0 aliphatic heterocycles. The summed E-state index contributed by atoms with van der Waals surface area (Å²) in [5, 5.41) is 5.68. The molecule has 0 bridgehead atoms. The predicted octanol–water partition coefficient (Wildman–Crippen LogP) is 6.13. The normalized spacial score (nSPS) is 11.0. The third kappa shape index (κ3) is 8.43. The average molecular weight is 539 g/mol. The fourth-order valence-corrected chi connectivity index (χ4v) is 4.02. The molecule has 0 aliphatic rings. The number of benzene rings is 3. The van der Waals surface area contributed by atoms with E-state index >= 15 is 0 Å². The molecule has 40 heavy (non-hydrogen) atoms. The maximum absolute atomic E-state index is 12.4. The number of urea groups is 1. The number of amides is 2. The minimum atomic E-state index is -0.559. The number of carbonyl (C=O) groups is 2. The van der Waals surface area contributed by atoms with Gasteiger partial charge in [0.2, 0.25) is 0 Å². The molecule has 2 N–H and O–H groups in total. The Morgan fingerprint density at radius 2 is 1.57 bits per heavy atom. The van der Waals surface area contributed by atoms with Crippen molar-refractivity contribution in [2.45, 2.75) is 40.5 Å². The molecule has 0 atom stereocenters. The molecule has 2 amide bonds. The Labute approximate surface area is 235 Å². The van der Waals surface area contributed by atoms with Gasteiger partial charge in [-0.25, -0.2) is 4.79 Å². The summed E-state index contributed by atoms with van der Waals surface area (Å²) in [5.41, 5.74) is 4.63. The van der Waals surface area contributed by atoms with Gasteiger partial charge < -0.3 is 20.1 Å². The summed E-state index contributed by atoms with van der Waals surface area (Å²) in [5.74, 6) is 0.469. The molecule has 4 rings (SSSR count). The minimum Gasteiger partial charge on any atom is -0.493 e. The molecule has 0 spiro atoms. The van der Waals surface area contributed by atoms with Crippen molar-refractivity contribution < 1.29 is 23.6 Å². The number of nitrogens with one attached hydrogen (secondary N) is 2. The molecule has 0 unspecified atom stereocenters. The summed E-state index contributed by atoms with van der Waals surface area (Å²) in [6.07, 6.45) is 4.43. The smallest absolute Gasteiger partial charge is 0.319 e.